The summed E-state index contributed by atoms with van der Waals surface area (Å²) in [5, 5.41) is 3.10. The van der Waals surface area contributed by atoms with Crippen LogP contribution in [0.3, 0.4) is 0 Å². The molecule has 1 amide bonds. The predicted molar refractivity (Wildman–Crippen MR) is 52.3 cm³/mol. The highest BCUT2D eigenvalue weighted by atomic mass is 16.1. The van der Waals surface area contributed by atoms with E-state index in [9.17, 15) is 4.79 Å². The average molecular weight is 181 g/mol. The van der Waals surface area contributed by atoms with Crippen molar-refractivity contribution in [2.24, 2.45) is 11.8 Å². The van der Waals surface area contributed by atoms with Gasteiger partial charge in [0.05, 0.1) is 0 Å². The van der Waals surface area contributed by atoms with Crippen LogP contribution in [0, 0.1) is 11.8 Å². The van der Waals surface area contributed by atoms with Crippen LogP contribution in [0.15, 0.2) is 0 Å². The monoisotopic (exact) mass is 181 g/mol. The van der Waals surface area contributed by atoms with Gasteiger partial charge in [0, 0.05) is 13.0 Å². The van der Waals surface area contributed by atoms with Gasteiger partial charge in [-0.15, -0.1) is 0 Å². The summed E-state index contributed by atoms with van der Waals surface area (Å²) in [5.41, 5.74) is 0. The minimum atomic E-state index is 0.149. The second kappa shape index (κ2) is 3.69. The third kappa shape index (κ3) is 1.87. The van der Waals surface area contributed by atoms with E-state index in [4.69, 9.17) is 0 Å². The zero-order valence-electron chi connectivity index (χ0n) is 8.38. The van der Waals surface area contributed by atoms with Gasteiger partial charge in [-0.1, -0.05) is 19.3 Å². The van der Waals surface area contributed by atoms with Crippen LogP contribution in [0.2, 0.25) is 0 Å². The number of fused-ring (bicyclic) bond motifs is 1. The first-order valence-electron chi connectivity index (χ1n) is 5.54. The molecule has 2 aliphatic carbocycles. The van der Waals surface area contributed by atoms with Crippen molar-refractivity contribution in [2.75, 3.05) is 0 Å². The van der Waals surface area contributed by atoms with Gasteiger partial charge in [-0.2, -0.15) is 0 Å². The molecule has 0 heterocycles. The van der Waals surface area contributed by atoms with Crippen molar-refractivity contribution in [1.29, 1.82) is 0 Å². The molecule has 2 aliphatic rings. The van der Waals surface area contributed by atoms with Crippen molar-refractivity contribution in [3.05, 3.63) is 0 Å². The highest BCUT2D eigenvalue weighted by Gasteiger charge is 2.37. The van der Waals surface area contributed by atoms with E-state index in [1.807, 2.05) is 0 Å². The Labute approximate surface area is 80.1 Å². The van der Waals surface area contributed by atoms with E-state index in [0.29, 0.717) is 6.04 Å². The van der Waals surface area contributed by atoms with E-state index in [1.165, 1.54) is 38.5 Å². The Morgan fingerprint density at radius 1 is 1.15 bits per heavy atom. The summed E-state index contributed by atoms with van der Waals surface area (Å²) in [4.78, 5) is 11.0. The Kier molecular flexibility index (Phi) is 2.56. The SMILES string of the molecule is CC(=O)N[C@H]1CC[C@@H]2CCCC[C@@H]21. The van der Waals surface area contributed by atoms with Gasteiger partial charge in [0.15, 0.2) is 0 Å². The average Bonchev–Trinajstić information content (AvgIpc) is 2.48. The number of hydrogen-bond donors (Lipinski definition) is 1. The maximum atomic E-state index is 11.0. The first kappa shape index (κ1) is 9.04. The molecule has 2 fully saturated rings. The van der Waals surface area contributed by atoms with Crippen molar-refractivity contribution in [2.45, 2.75) is 51.5 Å². The molecule has 0 aromatic rings. The van der Waals surface area contributed by atoms with E-state index in [1.54, 1.807) is 6.92 Å². The Balaban J connectivity index is 1.94. The molecule has 0 spiro atoms. The third-order valence-corrected chi connectivity index (χ3v) is 3.72. The normalized spacial score (nSPS) is 38.4. The summed E-state index contributed by atoms with van der Waals surface area (Å²) in [6, 6.07) is 0.503. The van der Waals surface area contributed by atoms with Crippen LogP contribution in [0.1, 0.15) is 45.4 Å². The molecular weight excluding hydrogens is 162 g/mol. The summed E-state index contributed by atoms with van der Waals surface area (Å²) in [7, 11) is 0. The first-order valence-corrected chi connectivity index (χ1v) is 5.54. The largest absolute Gasteiger partial charge is 0.353 e. The van der Waals surface area contributed by atoms with Gasteiger partial charge in [-0.25, -0.2) is 0 Å². The Bertz CT molecular complexity index is 202. The van der Waals surface area contributed by atoms with E-state index in [2.05, 4.69) is 5.32 Å². The quantitative estimate of drug-likeness (QED) is 0.659. The van der Waals surface area contributed by atoms with E-state index >= 15 is 0 Å². The summed E-state index contributed by atoms with van der Waals surface area (Å²) in [5.74, 6) is 1.87. The van der Waals surface area contributed by atoms with Gasteiger partial charge >= 0.3 is 0 Å². The molecule has 2 rings (SSSR count). The number of hydrogen-bond acceptors (Lipinski definition) is 1. The minimum absolute atomic E-state index is 0.149. The van der Waals surface area contributed by atoms with Gasteiger partial charge in [0.25, 0.3) is 0 Å². The van der Waals surface area contributed by atoms with E-state index < -0.39 is 0 Å². The summed E-state index contributed by atoms with van der Waals surface area (Å²) in [6.07, 6.45) is 8.09. The van der Waals surface area contributed by atoms with E-state index in [0.717, 1.165) is 11.8 Å². The van der Waals surface area contributed by atoms with Gasteiger partial charge in [-0.3, -0.25) is 4.79 Å². The van der Waals surface area contributed by atoms with Gasteiger partial charge < -0.3 is 5.32 Å². The lowest BCUT2D eigenvalue weighted by molar-refractivity contribution is -0.120. The maximum Gasteiger partial charge on any atom is 0.217 e. The number of carbonyl (C=O) groups excluding carboxylic acids is 1. The smallest absolute Gasteiger partial charge is 0.217 e. The molecule has 0 bridgehead atoms. The third-order valence-electron chi connectivity index (χ3n) is 3.72. The molecule has 0 aromatic heterocycles. The first-order chi connectivity index (χ1) is 6.27. The summed E-state index contributed by atoms with van der Waals surface area (Å²) < 4.78 is 0. The highest BCUT2D eigenvalue weighted by molar-refractivity contribution is 5.73. The molecule has 0 saturated heterocycles. The molecule has 0 unspecified atom stereocenters. The van der Waals surface area contributed by atoms with Crippen molar-refractivity contribution in [3.8, 4) is 0 Å². The van der Waals surface area contributed by atoms with Crippen molar-refractivity contribution >= 4 is 5.91 Å². The lowest BCUT2D eigenvalue weighted by atomic mass is 9.80. The van der Waals surface area contributed by atoms with Gasteiger partial charge in [0.2, 0.25) is 5.91 Å². The molecule has 1 N–H and O–H groups in total. The second-order valence-electron chi connectivity index (χ2n) is 4.59. The van der Waals surface area contributed by atoms with Crippen molar-refractivity contribution in [3.63, 3.8) is 0 Å². The van der Waals surface area contributed by atoms with Crippen LogP contribution in [-0.4, -0.2) is 11.9 Å². The van der Waals surface area contributed by atoms with Crippen LogP contribution in [0.25, 0.3) is 0 Å². The van der Waals surface area contributed by atoms with Crippen molar-refractivity contribution in [1.82, 2.24) is 5.32 Å². The molecule has 2 saturated carbocycles. The van der Waals surface area contributed by atoms with Gasteiger partial charge in [-0.05, 0) is 31.1 Å². The second-order valence-corrected chi connectivity index (χ2v) is 4.59. The standard InChI is InChI=1S/C11H19NO/c1-8(13)12-11-7-6-9-4-2-3-5-10(9)11/h9-11H,2-7H2,1H3,(H,12,13)/t9-,10-,11-/m0/s1. The Morgan fingerprint density at radius 2 is 1.92 bits per heavy atom. The molecule has 0 aromatic carbocycles. The van der Waals surface area contributed by atoms with Crippen LogP contribution in [0.5, 0.6) is 0 Å². The fourth-order valence-corrected chi connectivity index (χ4v) is 3.17. The Morgan fingerprint density at radius 3 is 2.69 bits per heavy atom. The predicted octanol–water partition coefficient (Wildman–Crippen LogP) is 2.09. The summed E-state index contributed by atoms with van der Waals surface area (Å²) >= 11 is 0. The number of carbonyl (C=O) groups is 1. The molecule has 2 nitrogen and oxygen atoms in total. The van der Waals surface area contributed by atoms with Crippen LogP contribution < -0.4 is 5.32 Å². The Hall–Kier alpha value is -0.530. The molecule has 13 heavy (non-hydrogen) atoms. The fraction of sp³-hybridized carbons (Fsp3) is 0.909. The van der Waals surface area contributed by atoms with Crippen molar-refractivity contribution < 1.29 is 4.79 Å². The molecule has 2 heteroatoms. The van der Waals surface area contributed by atoms with Crippen LogP contribution in [0.4, 0.5) is 0 Å². The lowest BCUT2D eigenvalue weighted by Crippen LogP contribution is -2.38. The van der Waals surface area contributed by atoms with Crippen LogP contribution in [-0.2, 0) is 4.79 Å². The molecule has 0 aliphatic heterocycles. The highest BCUT2D eigenvalue weighted by Crippen LogP contribution is 2.42. The topological polar surface area (TPSA) is 29.1 Å². The lowest BCUT2D eigenvalue weighted by Gasteiger charge is -2.29. The van der Waals surface area contributed by atoms with E-state index in [-0.39, 0.29) is 5.91 Å². The molecule has 74 valence electrons. The maximum absolute atomic E-state index is 11.0. The zero-order chi connectivity index (χ0) is 9.26. The van der Waals surface area contributed by atoms with Crippen LogP contribution >= 0.6 is 0 Å². The number of amides is 1. The summed E-state index contributed by atoms with van der Waals surface area (Å²) in [6.45, 7) is 1.64. The fourth-order valence-electron chi connectivity index (χ4n) is 3.17. The molecule has 0 radical (unpaired) electrons. The minimum Gasteiger partial charge on any atom is -0.353 e. The number of rotatable bonds is 1. The number of nitrogens with one attached hydrogen (secondary N) is 1. The zero-order valence-corrected chi connectivity index (χ0v) is 8.38. The molecular formula is C11H19NO. The van der Waals surface area contributed by atoms with Gasteiger partial charge in [0.1, 0.15) is 0 Å². The molecule has 3 atom stereocenters.